The molecule has 1 aromatic carbocycles. The maximum atomic E-state index is 6.12. The van der Waals surface area contributed by atoms with Crippen LogP contribution < -0.4 is 19.7 Å². The first-order valence-electron chi connectivity index (χ1n) is 11.3. The Morgan fingerprint density at radius 2 is 1.84 bits per heavy atom. The molecule has 0 amide bonds. The average molecular weight is 430 g/mol. The fourth-order valence-corrected chi connectivity index (χ4v) is 5.38. The van der Waals surface area contributed by atoms with Gasteiger partial charge in [-0.3, -0.25) is 0 Å². The number of hydrogen-bond donors (Lipinski definition) is 1. The molecular formula is C25H27N5O2. The molecule has 1 unspecified atom stereocenters. The molecule has 3 atom stereocenters. The van der Waals surface area contributed by atoms with Crippen molar-refractivity contribution >= 4 is 5.82 Å². The molecule has 164 valence electrons. The highest BCUT2D eigenvalue weighted by Crippen LogP contribution is 2.40. The maximum Gasteiger partial charge on any atom is 0.233 e. The van der Waals surface area contributed by atoms with Crippen LogP contribution in [-0.4, -0.2) is 47.5 Å². The standard InChI is InChI=1S/C25H27N5O2/c1-30(20-11-18-4-5-19(12-20)27-18)23-8-7-22-21-6-3-15(9-17(21)14-32-25(22)28-23)16-10-24(31-2)29-26-13-16/h3,6-10,13,18-20,27H,4-5,11-12,14H2,1-2H3/t18-,19+,20?. The molecule has 7 heteroatoms. The normalized spacial score (nSPS) is 23.1. The van der Waals surface area contributed by atoms with Gasteiger partial charge in [-0.1, -0.05) is 12.1 Å². The minimum absolute atomic E-state index is 0.503. The van der Waals surface area contributed by atoms with Crippen molar-refractivity contribution in [3.8, 4) is 34.0 Å². The third-order valence-corrected chi connectivity index (χ3v) is 7.14. The van der Waals surface area contributed by atoms with Gasteiger partial charge in [0, 0.05) is 42.4 Å². The number of rotatable bonds is 4. The van der Waals surface area contributed by atoms with E-state index in [2.05, 4.69) is 57.8 Å². The fraction of sp³-hybridized carbons (Fsp3) is 0.400. The number of hydrogen-bond acceptors (Lipinski definition) is 7. The summed E-state index contributed by atoms with van der Waals surface area (Å²) in [4.78, 5) is 7.25. The summed E-state index contributed by atoms with van der Waals surface area (Å²) in [7, 11) is 3.77. The van der Waals surface area contributed by atoms with Crippen molar-refractivity contribution in [3.05, 3.63) is 48.2 Å². The second kappa shape index (κ2) is 7.74. The van der Waals surface area contributed by atoms with Gasteiger partial charge in [-0.25, -0.2) is 0 Å². The second-order valence-electron chi connectivity index (χ2n) is 9.04. The van der Waals surface area contributed by atoms with E-state index in [1.54, 1.807) is 13.3 Å². The monoisotopic (exact) mass is 429 g/mol. The molecule has 3 aliphatic heterocycles. The molecule has 0 spiro atoms. The van der Waals surface area contributed by atoms with Crippen LogP contribution in [0.4, 0.5) is 5.82 Å². The van der Waals surface area contributed by atoms with Gasteiger partial charge >= 0.3 is 0 Å². The first-order chi connectivity index (χ1) is 15.7. The van der Waals surface area contributed by atoms with Crippen LogP contribution in [0.25, 0.3) is 22.3 Å². The van der Waals surface area contributed by atoms with Gasteiger partial charge in [-0.05, 0) is 60.6 Å². The first kappa shape index (κ1) is 19.5. The molecular weight excluding hydrogens is 402 g/mol. The molecule has 7 nitrogen and oxygen atoms in total. The van der Waals surface area contributed by atoms with E-state index in [1.165, 1.54) is 31.2 Å². The molecule has 0 saturated carbocycles. The number of piperidine rings is 1. The summed E-state index contributed by atoms with van der Waals surface area (Å²) >= 11 is 0. The van der Waals surface area contributed by atoms with Gasteiger partial charge in [-0.15, -0.1) is 5.10 Å². The molecule has 2 saturated heterocycles. The molecule has 1 N–H and O–H groups in total. The van der Waals surface area contributed by atoms with E-state index in [4.69, 9.17) is 14.5 Å². The van der Waals surface area contributed by atoms with Gasteiger partial charge in [-0.2, -0.15) is 10.1 Å². The summed E-state index contributed by atoms with van der Waals surface area (Å²) < 4.78 is 11.3. The number of anilines is 1. The number of nitrogens with zero attached hydrogens (tertiary/aromatic N) is 4. The Labute approximate surface area is 187 Å². The lowest BCUT2D eigenvalue weighted by molar-refractivity contribution is 0.289. The van der Waals surface area contributed by atoms with E-state index >= 15 is 0 Å². The summed E-state index contributed by atoms with van der Waals surface area (Å²) in [5.74, 6) is 2.22. The van der Waals surface area contributed by atoms with Gasteiger partial charge in [0.05, 0.1) is 13.3 Å². The van der Waals surface area contributed by atoms with E-state index in [0.29, 0.717) is 30.6 Å². The molecule has 2 aromatic heterocycles. The van der Waals surface area contributed by atoms with Gasteiger partial charge in [0.2, 0.25) is 11.8 Å². The smallest absolute Gasteiger partial charge is 0.233 e. The fourth-order valence-electron chi connectivity index (χ4n) is 5.38. The third kappa shape index (κ3) is 3.37. The third-order valence-electron chi connectivity index (χ3n) is 7.14. The number of benzene rings is 1. The van der Waals surface area contributed by atoms with Crippen LogP contribution in [-0.2, 0) is 6.61 Å². The molecule has 3 aromatic rings. The number of aromatic nitrogens is 3. The number of ether oxygens (including phenoxy) is 2. The lowest BCUT2D eigenvalue weighted by Crippen LogP contribution is -2.47. The summed E-state index contributed by atoms with van der Waals surface area (Å²) in [5, 5.41) is 11.7. The van der Waals surface area contributed by atoms with Crippen LogP contribution in [0.15, 0.2) is 42.6 Å². The predicted molar refractivity (Wildman–Crippen MR) is 123 cm³/mol. The Morgan fingerprint density at radius 1 is 1.03 bits per heavy atom. The van der Waals surface area contributed by atoms with Crippen LogP contribution in [0, 0.1) is 0 Å². The van der Waals surface area contributed by atoms with Crippen molar-refractivity contribution in [1.29, 1.82) is 0 Å². The van der Waals surface area contributed by atoms with E-state index in [0.717, 1.165) is 34.0 Å². The second-order valence-corrected chi connectivity index (χ2v) is 9.04. The van der Waals surface area contributed by atoms with Gasteiger partial charge in [0.25, 0.3) is 0 Å². The lowest BCUT2D eigenvalue weighted by atomic mass is 9.95. The number of methoxy groups -OCH3 is 1. The van der Waals surface area contributed by atoms with E-state index in [1.807, 2.05) is 6.07 Å². The van der Waals surface area contributed by atoms with Crippen molar-refractivity contribution < 1.29 is 9.47 Å². The van der Waals surface area contributed by atoms with Crippen LogP contribution in [0.5, 0.6) is 11.8 Å². The average Bonchev–Trinajstić information content (AvgIpc) is 3.19. The Hall–Kier alpha value is -3.19. The predicted octanol–water partition coefficient (Wildman–Crippen LogP) is 3.83. The zero-order chi connectivity index (χ0) is 21.7. The summed E-state index contributed by atoms with van der Waals surface area (Å²) in [6, 6.07) is 14.4. The lowest BCUT2D eigenvalue weighted by Gasteiger charge is -2.36. The van der Waals surface area contributed by atoms with E-state index in [-0.39, 0.29) is 0 Å². The minimum atomic E-state index is 0.503. The van der Waals surface area contributed by atoms with Crippen molar-refractivity contribution in [2.75, 3.05) is 19.1 Å². The van der Waals surface area contributed by atoms with Crippen molar-refractivity contribution in [3.63, 3.8) is 0 Å². The highest BCUT2D eigenvalue weighted by atomic mass is 16.5. The Morgan fingerprint density at radius 3 is 2.66 bits per heavy atom. The summed E-state index contributed by atoms with van der Waals surface area (Å²) in [6.45, 7) is 0.503. The van der Waals surface area contributed by atoms with Crippen molar-refractivity contribution in [2.24, 2.45) is 0 Å². The zero-order valence-electron chi connectivity index (χ0n) is 18.4. The molecule has 2 fully saturated rings. The van der Waals surface area contributed by atoms with Crippen LogP contribution in [0.1, 0.15) is 31.2 Å². The Bertz CT molecular complexity index is 1150. The van der Waals surface area contributed by atoms with E-state index < -0.39 is 0 Å². The number of pyridine rings is 1. The number of nitrogens with one attached hydrogen (secondary N) is 1. The topological polar surface area (TPSA) is 72.4 Å². The Kier molecular flexibility index (Phi) is 4.72. The van der Waals surface area contributed by atoms with Crippen LogP contribution in [0.3, 0.4) is 0 Å². The van der Waals surface area contributed by atoms with Crippen LogP contribution in [0.2, 0.25) is 0 Å². The zero-order valence-corrected chi connectivity index (χ0v) is 18.4. The molecule has 0 aliphatic carbocycles. The van der Waals surface area contributed by atoms with E-state index in [9.17, 15) is 0 Å². The first-order valence-corrected chi connectivity index (χ1v) is 11.3. The molecule has 3 aliphatic rings. The molecule has 5 heterocycles. The van der Waals surface area contributed by atoms with Gasteiger partial charge in [0.15, 0.2) is 0 Å². The van der Waals surface area contributed by atoms with Crippen molar-refractivity contribution in [1.82, 2.24) is 20.5 Å². The molecule has 6 rings (SSSR count). The molecule has 32 heavy (non-hydrogen) atoms. The largest absolute Gasteiger partial charge is 0.480 e. The molecule has 0 radical (unpaired) electrons. The van der Waals surface area contributed by atoms with Crippen molar-refractivity contribution in [2.45, 2.75) is 50.4 Å². The SMILES string of the molecule is COc1cc(-c2ccc3c(c2)COc2nc(N(C)C4C[C@H]5CC[C@@H](C4)N5)ccc2-3)cnn1. The van der Waals surface area contributed by atoms with Crippen LogP contribution >= 0.6 is 0 Å². The number of fused-ring (bicyclic) bond motifs is 5. The molecule has 2 bridgehead atoms. The quantitative estimate of drug-likeness (QED) is 0.676. The van der Waals surface area contributed by atoms with Gasteiger partial charge < -0.3 is 19.7 Å². The Balaban J connectivity index is 1.27. The maximum absolute atomic E-state index is 6.12. The summed E-state index contributed by atoms with van der Waals surface area (Å²) in [5.41, 5.74) is 5.39. The van der Waals surface area contributed by atoms with Gasteiger partial charge in [0.1, 0.15) is 12.4 Å². The summed E-state index contributed by atoms with van der Waals surface area (Å²) in [6.07, 6.45) is 6.73. The highest BCUT2D eigenvalue weighted by molar-refractivity contribution is 5.78. The highest BCUT2D eigenvalue weighted by Gasteiger charge is 2.35. The minimum Gasteiger partial charge on any atom is -0.480 e.